The second-order valence-corrected chi connectivity index (χ2v) is 8.62. The SMILES string of the molecule is Cc1ccnc(Nc2cccc(-c3cnc(N4CCC(C)(C(=O)O)CC4)s3)n2)c1. The molecule has 29 heavy (non-hydrogen) atoms. The molecule has 3 aromatic heterocycles. The van der Waals surface area contributed by atoms with Crippen molar-refractivity contribution < 1.29 is 9.90 Å². The Balaban J connectivity index is 1.48. The Hall–Kier alpha value is -3.00. The van der Waals surface area contributed by atoms with E-state index in [1.165, 1.54) is 0 Å². The molecule has 1 aliphatic rings. The third-order valence-electron chi connectivity index (χ3n) is 5.32. The minimum Gasteiger partial charge on any atom is -0.481 e. The maximum Gasteiger partial charge on any atom is 0.309 e. The normalized spacial score (nSPS) is 15.9. The summed E-state index contributed by atoms with van der Waals surface area (Å²) in [5.74, 6) is 0.772. The predicted molar refractivity (Wildman–Crippen MR) is 115 cm³/mol. The van der Waals surface area contributed by atoms with Crippen LogP contribution >= 0.6 is 11.3 Å². The number of pyridine rings is 2. The van der Waals surface area contributed by atoms with Crippen molar-refractivity contribution in [2.75, 3.05) is 23.3 Å². The number of aliphatic carboxylic acids is 1. The van der Waals surface area contributed by atoms with Crippen LogP contribution in [-0.2, 0) is 4.79 Å². The molecular formula is C21H23N5O2S. The number of anilines is 3. The van der Waals surface area contributed by atoms with Crippen molar-refractivity contribution in [3.8, 4) is 10.6 Å². The van der Waals surface area contributed by atoms with Gasteiger partial charge in [-0.15, -0.1) is 0 Å². The van der Waals surface area contributed by atoms with Crippen LogP contribution in [0.25, 0.3) is 10.6 Å². The van der Waals surface area contributed by atoms with Crippen molar-refractivity contribution in [2.24, 2.45) is 5.41 Å². The fraction of sp³-hybridized carbons (Fsp3) is 0.333. The first-order valence-electron chi connectivity index (χ1n) is 9.54. The number of aromatic nitrogens is 3. The van der Waals surface area contributed by atoms with Gasteiger partial charge in [-0.1, -0.05) is 17.4 Å². The fourth-order valence-electron chi connectivity index (χ4n) is 3.31. The Kier molecular flexibility index (Phi) is 5.19. The largest absolute Gasteiger partial charge is 0.481 e. The van der Waals surface area contributed by atoms with Crippen molar-refractivity contribution in [2.45, 2.75) is 26.7 Å². The van der Waals surface area contributed by atoms with Gasteiger partial charge in [0, 0.05) is 25.5 Å². The van der Waals surface area contributed by atoms with Crippen LogP contribution in [-0.4, -0.2) is 39.1 Å². The quantitative estimate of drug-likeness (QED) is 0.647. The summed E-state index contributed by atoms with van der Waals surface area (Å²) >= 11 is 1.58. The smallest absolute Gasteiger partial charge is 0.309 e. The van der Waals surface area contributed by atoms with E-state index >= 15 is 0 Å². The molecule has 3 aromatic rings. The molecule has 4 heterocycles. The van der Waals surface area contributed by atoms with E-state index in [4.69, 9.17) is 4.98 Å². The maximum atomic E-state index is 11.4. The van der Waals surface area contributed by atoms with Crippen LogP contribution in [0.15, 0.2) is 42.7 Å². The lowest BCUT2D eigenvalue weighted by Gasteiger charge is -2.36. The van der Waals surface area contributed by atoms with Crippen molar-refractivity contribution in [1.82, 2.24) is 15.0 Å². The molecule has 1 aliphatic heterocycles. The van der Waals surface area contributed by atoms with Gasteiger partial charge in [0.1, 0.15) is 11.6 Å². The molecule has 0 saturated carbocycles. The molecule has 0 aromatic carbocycles. The van der Waals surface area contributed by atoms with Gasteiger partial charge in [-0.05, 0) is 56.5 Å². The number of aryl methyl sites for hydroxylation is 1. The van der Waals surface area contributed by atoms with E-state index in [0.717, 1.165) is 32.9 Å². The molecule has 0 atom stereocenters. The summed E-state index contributed by atoms with van der Waals surface area (Å²) < 4.78 is 0. The van der Waals surface area contributed by atoms with Crippen LogP contribution in [0.3, 0.4) is 0 Å². The number of thiazole rings is 1. The molecular weight excluding hydrogens is 386 g/mol. The average Bonchev–Trinajstić information content (AvgIpc) is 3.19. The second-order valence-electron chi connectivity index (χ2n) is 7.61. The van der Waals surface area contributed by atoms with E-state index in [-0.39, 0.29) is 0 Å². The van der Waals surface area contributed by atoms with Crippen molar-refractivity contribution >= 4 is 34.1 Å². The number of piperidine rings is 1. The lowest BCUT2D eigenvalue weighted by molar-refractivity contribution is -0.149. The highest BCUT2D eigenvalue weighted by atomic mass is 32.1. The van der Waals surface area contributed by atoms with E-state index < -0.39 is 11.4 Å². The maximum absolute atomic E-state index is 11.4. The monoisotopic (exact) mass is 409 g/mol. The van der Waals surface area contributed by atoms with E-state index in [1.807, 2.05) is 50.4 Å². The van der Waals surface area contributed by atoms with Crippen LogP contribution in [0.2, 0.25) is 0 Å². The Labute approximate surface area is 173 Å². The van der Waals surface area contributed by atoms with Gasteiger partial charge in [0.15, 0.2) is 5.13 Å². The number of carboxylic acid groups (broad SMARTS) is 1. The predicted octanol–water partition coefficient (Wildman–Crippen LogP) is 4.34. The van der Waals surface area contributed by atoms with Gasteiger partial charge in [-0.2, -0.15) is 0 Å². The number of carboxylic acids is 1. The topological polar surface area (TPSA) is 91.2 Å². The summed E-state index contributed by atoms with van der Waals surface area (Å²) in [5.41, 5.74) is 1.34. The van der Waals surface area contributed by atoms with E-state index in [9.17, 15) is 9.90 Å². The lowest BCUT2D eigenvalue weighted by Crippen LogP contribution is -2.42. The molecule has 4 rings (SSSR count). The molecule has 0 amide bonds. The molecule has 1 saturated heterocycles. The van der Waals surface area contributed by atoms with Gasteiger partial charge in [-0.3, -0.25) is 4.79 Å². The minimum atomic E-state index is -0.714. The number of nitrogens with zero attached hydrogens (tertiary/aromatic N) is 4. The summed E-state index contributed by atoms with van der Waals surface area (Å²) in [4.78, 5) is 28.2. The van der Waals surface area contributed by atoms with Gasteiger partial charge >= 0.3 is 5.97 Å². The third-order valence-corrected chi connectivity index (χ3v) is 6.40. The fourth-order valence-corrected chi connectivity index (χ4v) is 4.25. The number of nitrogens with one attached hydrogen (secondary N) is 1. The summed E-state index contributed by atoms with van der Waals surface area (Å²) in [7, 11) is 0. The van der Waals surface area contributed by atoms with Crippen molar-refractivity contribution in [1.29, 1.82) is 0 Å². The summed E-state index contributed by atoms with van der Waals surface area (Å²) in [6.45, 7) is 5.24. The molecule has 2 N–H and O–H groups in total. The zero-order valence-electron chi connectivity index (χ0n) is 16.4. The highest BCUT2D eigenvalue weighted by molar-refractivity contribution is 7.18. The number of hydrogen-bond acceptors (Lipinski definition) is 7. The second kappa shape index (κ2) is 7.79. The molecule has 0 spiro atoms. The summed E-state index contributed by atoms with van der Waals surface area (Å²) in [5, 5.41) is 13.6. The third kappa shape index (κ3) is 4.22. The average molecular weight is 410 g/mol. The molecule has 7 nitrogen and oxygen atoms in total. The standard InChI is InChI=1S/C21H23N5O2S/c1-14-6-9-22-18(12-14)25-17-5-3-4-15(24-17)16-13-23-20(29-16)26-10-7-21(2,8-11-26)19(27)28/h3-6,9,12-13H,7-8,10-11H2,1-2H3,(H,27,28)(H,22,24,25). The van der Waals surface area contributed by atoms with Crippen LogP contribution in [0, 0.1) is 12.3 Å². The Morgan fingerprint density at radius 3 is 2.72 bits per heavy atom. The van der Waals surface area contributed by atoms with Crippen molar-refractivity contribution in [3.63, 3.8) is 0 Å². The lowest BCUT2D eigenvalue weighted by atomic mass is 9.81. The molecule has 0 radical (unpaired) electrons. The molecule has 0 aliphatic carbocycles. The minimum absolute atomic E-state index is 0.623. The molecule has 0 unspecified atom stereocenters. The zero-order chi connectivity index (χ0) is 20.4. The van der Waals surface area contributed by atoms with Gasteiger partial charge in [-0.25, -0.2) is 15.0 Å². The number of hydrogen-bond donors (Lipinski definition) is 2. The van der Waals surface area contributed by atoms with Crippen molar-refractivity contribution in [3.05, 3.63) is 48.3 Å². The van der Waals surface area contributed by atoms with E-state index in [2.05, 4.69) is 20.2 Å². The molecule has 1 fully saturated rings. The van der Waals surface area contributed by atoms with Crippen LogP contribution in [0.1, 0.15) is 25.3 Å². The molecule has 8 heteroatoms. The van der Waals surface area contributed by atoms with Gasteiger partial charge < -0.3 is 15.3 Å². The number of carbonyl (C=O) groups is 1. The zero-order valence-corrected chi connectivity index (χ0v) is 17.2. The van der Waals surface area contributed by atoms with Crippen LogP contribution in [0.4, 0.5) is 16.8 Å². The van der Waals surface area contributed by atoms with Crippen LogP contribution in [0.5, 0.6) is 0 Å². The summed E-state index contributed by atoms with van der Waals surface area (Å²) in [6.07, 6.45) is 4.85. The molecule has 0 bridgehead atoms. The first kappa shape index (κ1) is 19.3. The first-order chi connectivity index (χ1) is 13.9. The van der Waals surface area contributed by atoms with Gasteiger partial charge in [0.2, 0.25) is 0 Å². The van der Waals surface area contributed by atoms with Crippen LogP contribution < -0.4 is 10.2 Å². The highest BCUT2D eigenvalue weighted by Crippen LogP contribution is 2.36. The Morgan fingerprint density at radius 2 is 2.00 bits per heavy atom. The highest BCUT2D eigenvalue weighted by Gasteiger charge is 2.37. The molecule has 150 valence electrons. The summed E-state index contributed by atoms with van der Waals surface area (Å²) in [6, 6.07) is 9.75. The van der Waals surface area contributed by atoms with E-state index in [1.54, 1.807) is 17.5 Å². The van der Waals surface area contributed by atoms with Gasteiger partial charge in [0.25, 0.3) is 0 Å². The Morgan fingerprint density at radius 1 is 1.21 bits per heavy atom. The van der Waals surface area contributed by atoms with Gasteiger partial charge in [0.05, 0.1) is 16.0 Å². The Bertz CT molecular complexity index is 1030. The first-order valence-corrected chi connectivity index (χ1v) is 10.4. The number of rotatable bonds is 5. The van der Waals surface area contributed by atoms with E-state index in [0.29, 0.717) is 25.9 Å².